The Kier molecular flexibility index (Phi) is 5.31. The molecular weight excluding hydrogens is 313 g/mol. The summed E-state index contributed by atoms with van der Waals surface area (Å²) in [5, 5.41) is 0.653. The van der Waals surface area contributed by atoms with Crippen molar-refractivity contribution in [3.63, 3.8) is 0 Å². The van der Waals surface area contributed by atoms with Crippen molar-refractivity contribution in [2.75, 3.05) is 11.8 Å². The third kappa shape index (κ3) is 3.11. The number of aromatic nitrogens is 1. The lowest BCUT2D eigenvalue weighted by Crippen LogP contribution is -2.34. The minimum absolute atomic E-state index is 0.320. The maximum Gasteiger partial charge on any atom is 0.0621 e. The fourth-order valence-corrected chi connectivity index (χ4v) is 3.40. The van der Waals surface area contributed by atoms with E-state index in [4.69, 9.17) is 34.8 Å². The van der Waals surface area contributed by atoms with Gasteiger partial charge in [-0.3, -0.25) is 4.98 Å². The molecule has 0 bridgehead atoms. The highest BCUT2D eigenvalue weighted by atomic mass is 35.5. The van der Waals surface area contributed by atoms with Crippen LogP contribution in [0.3, 0.4) is 0 Å². The van der Waals surface area contributed by atoms with Crippen molar-refractivity contribution in [1.29, 1.82) is 0 Å². The van der Waals surface area contributed by atoms with Gasteiger partial charge in [-0.2, -0.15) is 0 Å². The van der Waals surface area contributed by atoms with Crippen LogP contribution < -0.4 is 0 Å². The molecule has 1 nitrogen and oxygen atoms in total. The van der Waals surface area contributed by atoms with Crippen molar-refractivity contribution < 1.29 is 0 Å². The molecule has 4 heteroatoms. The van der Waals surface area contributed by atoms with Gasteiger partial charge in [0.25, 0.3) is 0 Å². The van der Waals surface area contributed by atoms with Crippen molar-refractivity contribution in [3.05, 3.63) is 64.4 Å². The van der Waals surface area contributed by atoms with Crippen LogP contribution in [0.4, 0.5) is 0 Å². The molecular formula is C16H16Cl3N. The zero-order valence-electron chi connectivity index (χ0n) is 11.2. The van der Waals surface area contributed by atoms with E-state index in [-0.39, 0.29) is 5.41 Å². The number of alkyl halides is 2. The first-order valence-electron chi connectivity index (χ1n) is 6.39. The summed E-state index contributed by atoms with van der Waals surface area (Å²) < 4.78 is 0. The predicted octanol–water partition coefficient (Wildman–Crippen LogP) is 5.00. The molecule has 1 aromatic carbocycles. The summed E-state index contributed by atoms with van der Waals surface area (Å²) in [5.41, 5.74) is 3.07. The highest BCUT2D eigenvalue weighted by Gasteiger charge is 2.32. The molecule has 1 heterocycles. The predicted molar refractivity (Wildman–Crippen MR) is 87.2 cm³/mol. The van der Waals surface area contributed by atoms with Crippen LogP contribution in [0, 0.1) is 6.92 Å². The molecule has 2 aromatic rings. The first-order chi connectivity index (χ1) is 9.63. The Labute approximate surface area is 134 Å². The summed E-state index contributed by atoms with van der Waals surface area (Å²) >= 11 is 18.8. The first kappa shape index (κ1) is 15.6. The zero-order valence-corrected chi connectivity index (χ0v) is 13.5. The Bertz CT molecular complexity index is 579. The van der Waals surface area contributed by atoms with E-state index in [9.17, 15) is 0 Å². The molecule has 0 radical (unpaired) electrons. The van der Waals surface area contributed by atoms with Crippen molar-refractivity contribution in [1.82, 2.24) is 4.98 Å². The van der Waals surface area contributed by atoms with E-state index in [0.717, 1.165) is 5.56 Å². The van der Waals surface area contributed by atoms with E-state index in [1.165, 1.54) is 11.1 Å². The topological polar surface area (TPSA) is 12.9 Å². The highest BCUT2D eigenvalue weighted by molar-refractivity contribution is 6.31. The van der Waals surface area contributed by atoms with E-state index in [2.05, 4.69) is 24.0 Å². The molecule has 2 rings (SSSR count). The highest BCUT2D eigenvalue weighted by Crippen LogP contribution is 2.35. The lowest BCUT2D eigenvalue weighted by atomic mass is 9.77. The van der Waals surface area contributed by atoms with Gasteiger partial charge in [-0.05, 0) is 36.1 Å². The monoisotopic (exact) mass is 327 g/mol. The van der Waals surface area contributed by atoms with E-state index in [0.29, 0.717) is 23.2 Å². The molecule has 1 aromatic heterocycles. The van der Waals surface area contributed by atoms with Gasteiger partial charge in [0, 0.05) is 29.6 Å². The second-order valence-corrected chi connectivity index (χ2v) is 5.95. The molecule has 0 unspecified atom stereocenters. The summed E-state index contributed by atoms with van der Waals surface area (Å²) in [6.45, 7) is 2.08. The van der Waals surface area contributed by atoms with Gasteiger partial charge in [0.05, 0.1) is 5.02 Å². The van der Waals surface area contributed by atoms with Gasteiger partial charge in [-0.15, -0.1) is 23.2 Å². The molecule has 0 aliphatic heterocycles. The summed E-state index contributed by atoms with van der Waals surface area (Å²) in [6, 6.07) is 10.1. The van der Waals surface area contributed by atoms with Crippen LogP contribution in [-0.4, -0.2) is 16.7 Å². The number of halogens is 3. The number of hydrogen-bond donors (Lipinski definition) is 0. The standard InChI is InChI=1S/C16H16Cl3N/c1-12-4-2-3-5-14(12)16(10-17,11-18)8-13-6-7-20-9-15(13)19/h2-7,9H,8,10-11H2,1H3. The lowest BCUT2D eigenvalue weighted by Gasteiger charge is -2.32. The Balaban J connectivity index is 2.46. The minimum Gasteiger partial charge on any atom is -0.263 e. The molecule has 0 fully saturated rings. The average molecular weight is 329 g/mol. The van der Waals surface area contributed by atoms with Crippen molar-refractivity contribution >= 4 is 34.8 Å². The van der Waals surface area contributed by atoms with Crippen LogP contribution in [0.1, 0.15) is 16.7 Å². The van der Waals surface area contributed by atoms with Gasteiger partial charge in [0.15, 0.2) is 0 Å². The molecule has 20 heavy (non-hydrogen) atoms. The molecule has 0 atom stereocenters. The molecule has 0 spiro atoms. The Hall–Kier alpha value is -0.760. The molecule has 0 saturated heterocycles. The Morgan fingerprint density at radius 2 is 1.80 bits per heavy atom. The van der Waals surface area contributed by atoms with Crippen LogP contribution in [-0.2, 0) is 11.8 Å². The van der Waals surface area contributed by atoms with Gasteiger partial charge < -0.3 is 0 Å². The average Bonchev–Trinajstić information content (AvgIpc) is 2.48. The SMILES string of the molecule is Cc1ccccc1C(CCl)(CCl)Cc1ccncc1Cl. The smallest absolute Gasteiger partial charge is 0.0621 e. The van der Waals surface area contributed by atoms with E-state index >= 15 is 0 Å². The van der Waals surface area contributed by atoms with E-state index < -0.39 is 0 Å². The fourth-order valence-electron chi connectivity index (χ4n) is 2.45. The van der Waals surface area contributed by atoms with Gasteiger partial charge in [0.1, 0.15) is 0 Å². The minimum atomic E-state index is -0.320. The van der Waals surface area contributed by atoms with Gasteiger partial charge in [-0.25, -0.2) is 0 Å². The Morgan fingerprint density at radius 1 is 1.10 bits per heavy atom. The second-order valence-electron chi connectivity index (χ2n) is 5.01. The van der Waals surface area contributed by atoms with Crippen molar-refractivity contribution in [2.24, 2.45) is 0 Å². The van der Waals surface area contributed by atoms with Crippen LogP contribution in [0.2, 0.25) is 5.02 Å². The largest absolute Gasteiger partial charge is 0.263 e. The first-order valence-corrected chi connectivity index (χ1v) is 7.84. The molecule has 0 amide bonds. The van der Waals surface area contributed by atoms with Crippen molar-refractivity contribution in [2.45, 2.75) is 18.8 Å². The number of pyridine rings is 1. The van der Waals surface area contributed by atoms with Crippen LogP contribution >= 0.6 is 34.8 Å². The third-order valence-electron chi connectivity index (χ3n) is 3.61. The lowest BCUT2D eigenvalue weighted by molar-refractivity contribution is 0.533. The third-order valence-corrected chi connectivity index (χ3v) is 4.98. The maximum absolute atomic E-state index is 6.29. The van der Waals surface area contributed by atoms with E-state index in [1.807, 2.05) is 18.2 Å². The summed E-state index contributed by atoms with van der Waals surface area (Å²) in [6.07, 6.45) is 4.10. The fraction of sp³-hybridized carbons (Fsp3) is 0.312. The molecule has 0 aliphatic rings. The second kappa shape index (κ2) is 6.80. The van der Waals surface area contributed by atoms with Crippen LogP contribution in [0.15, 0.2) is 42.7 Å². The summed E-state index contributed by atoms with van der Waals surface area (Å²) in [5.74, 6) is 0.889. The van der Waals surface area contributed by atoms with Crippen LogP contribution in [0.5, 0.6) is 0 Å². The normalized spacial score (nSPS) is 11.6. The number of aryl methyl sites for hydroxylation is 1. The molecule has 0 N–H and O–H groups in total. The van der Waals surface area contributed by atoms with Crippen molar-refractivity contribution in [3.8, 4) is 0 Å². The molecule has 0 aliphatic carbocycles. The molecule has 106 valence electrons. The Morgan fingerprint density at radius 3 is 2.40 bits per heavy atom. The number of benzene rings is 1. The van der Waals surface area contributed by atoms with Gasteiger partial charge >= 0.3 is 0 Å². The van der Waals surface area contributed by atoms with Gasteiger partial charge in [-0.1, -0.05) is 35.9 Å². The number of hydrogen-bond acceptors (Lipinski definition) is 1. The number of rotatable bonds is 5. The van der Waals surface area contributed by atoms with Gasteiger partial charge in [0.2, 0.25) is 0 Å². The number of nitrogens with zero attached hydrogens (tertiary/aromatic N) is 1. The maximum atomic E-state index is 6.29. The van der Waals surface area contributed by atoms with E-state index in [1.54, 1.807) is 12.4 Å². The zero-order chi connectivity index (χ0) is 14.6. The van der Waals surface area contributed by atoms with Crippen LogP contribution in [0.25, 0.3) is 0 Å². The molecule has 0 saturated carbocycles. The quantitative estimate of drug-likeness (QED) is 0.704. The summed E-state index contributed by atoms with van der Waals surface area (Å²) in [7, 11) is 0. The summed E-state index contributed by atoms with van der Waals surface area (Å²) in [4.78, 5) is 4.02.